The zero-order valence-electron chi connectivity index (χ0n) is 10.7. The predicted octanol–water partition coefficient (Wildman–Crippen LogP) is 0.797. The van der Waals surface area contributed by atoms with Crippen LogP contribution in [0.15, 0.2) is 12.7 Å². The van der Waals surface area contributed by atoms with Crippen molar-refractivity contribution in [2.45, 2.75) is 26.4 Å². The van der Waals surface area contributed by atoms with Crippen LogP contribution in [0.4, 0.5) is 4.79 Å². The van der Waals surface area contributed by atoms with Crippen molar-refractivity contribution in [1.29, 1.82) is 0 Å². The van der Waals surface area contributed by atoms with Gasteiger partial charge in [-0.15, -0.1) is 6.58 Å². The summed E-state index contributed by atoms with van der Waals surface area (Å²) in [5, 5.41) is 2.53. The molecule has 0 spiro atoms. The number of rotatable bonds is 9. The van der Waals surface area contributed by atoms with E-state index in [9.17, 15) is 4.79 Å². The molecule has 0 aliphatic rings. The normalized spacial score (nSPS) is 13.1. The lowest BCUT2D eigenvalue weighted by molar-refractivity contribution is 0.0638. The fourth-order valence-electron chi connectivity index (χ4n) is 1.44. The Bertz CT molecular complexity index is 233. The van der Waals surface area contributed by atoms with Crippen molar-refractivity contribution in [1.82, 2.24) is 5.32 Å². The fraction of sp³-hybridized carbons (Fsp3) is 0.700. The quantitative estimate of drug-likeness (QED) is 0.475. The molecule has 100 valence electrons. The molecule has 1 unspecified atom stereocenters. The predicted molar refractivity (Wildman–Crippen MR) is 67.3 cm³/mol. The molecule has 0 bridgehead atoms. The second-order valence-corrected chi connectivity index (χ2v) is 5.82. The van der Waals surface area contributed by atoms with E-state index in [0.717, 1.165) is 0 Å². The van der Waals surface area contributed by atoms with Gasteiger partial charge in [-0.1, -0.05) is 6.08 Å². The van der Waals surface area contributed by atoms with Gasteiger partial charge in [0.15, 0.2) is 0 Å². The van der Waals surface area contributed by atoms with Crippen LogP contribution >= 0.6 is 0 Å². The lowest BCUT2D eigenvalue weighted by Crippen LogP contribution is -2.62. The molecule has 0 aromatic heterocycles. The lowest BCUT2D eigenvalue weighted by atomic mass is 10.6. The van der Waals surface area contributed by atoms with Gasteiger partial charge >= 0.3 is 14.8 Å². The van der Waals surface area contributed by atoms with Gasteiger partial charge in [-0.2, -0.15) is 0 Å². The largest absolute Gasteiger partial charge is 0.528 e. The molecule has 0 rings (SSSR count). The summed E-state index contributed by atoms with van der Waals surface area (Å²) in [5.41, 5.74) is 4.57. The summed E-state index contributed by atoms with van der Waals surface area (Å²) in [4.78, 5) is 10.9. The molecule has 0 radical (unpaired) electrons. The summed E-state index contributed by atoms with van der Waals surface area (Å²) in [5.74, 6) is 0. The van der Waals surface area contributed by atoms with Crippen molar-refractivity contribution in [3.8, 4) is 0 Å². The van der Waals surface area contributed by atoms with Crippen LogP contribution in [0.1, 0.15) is 20.8 Å². The molecular weight excluding hydrogens is 240 g/mol. The van der Waals surface area contributed by atoms with Crippen LogP contribution < -0.4 is 11.1 Å². The molecule has 0 aromatic rings. The Hall–Kier alpha value is -0.893. The molecule has 0 saturated heterocycles. The Morgan fingerprint density at radius 3 is 1.94 bits per heavy atom. The molecule has 7 heteroatoms. The van der Waals surface area contributed by atoms with E-state index in [1.54, 1.807) is 0 Å². The number of primary amides is 1. The van der Waals surface area contributed by atoms with Crippen molar-refractivity contribution in [2.24, 2.45) is 5.73 Å². The van der Waals surface area contributed by atoms with Crippen LogP contribution in [-0.2, 0) is 13.3 Å². The third-order valence-electron chi connectivity index (χ3n) is 1.95. The highest BCUT2D eigenvalue weighted by atomic mass is 28.4. The van der Waals surface area contributed by atoms with Crippen LogP contribution in [0.5, 0.6) is 0 Å². The second kappa shape index (κ2) is 8.23. The van der Waals surface area contributed by atoms with E-state index in [-0.39, 0.29) is 0 Å². The monoisotopic (exact) mass is 262 g/mol. The first-order chi connectivity index (χ1) is 8.06. The van der Waals surface area contributed by atoms with E-state index in [0.29, 0.717) is 19.8 Å². The Labute approximate surface area is 103 Å². The van der Waals surface area contributed by atoms with Gasteiger partial charge in [-0.05, 0) is 20.8 Å². The molecule has 17 heavy (non-hydrogen) atoms. The molecule has 0 saturated carbocycles. The van der Waals surface area contributed by atoms with Crippen molar-refractivity contribution >= 4 is 14.8 Å². The van der Waals surface area contributed by atoms with Crippen LogP contribution in [-0.4, -0.2) is 40.3 Å². The minimum Gasteiger partial charge on any atom is -0.372 e. The second-order valence-electron chi connectivity index (χ2n) is 3.12. The maximum absolute atomic E-state index is 10.9. The number of hydrogen-bond donors (Lipinski definition) is 2. The minimum atomic E-state index is -3.02. The number of amides is 2. The summed E-state index contributed by atoms with van der Waals surface area (Å²) < 4.78 is 16.9. The first-order valence-electron chi connectivity index (χ1n) is 5.66. The zero-order valence-corrected chi connectivity index (χ0v) is 11.7. The van der Waals surface area contributed by atoms with E-state index in [2.05, 4.69) is 11.9 Å². The van der Waals surface area contributed by atoms with Gasteiger partial charge < -0.3 is 24.3 Å². The van der Waals surface area contributed by atoms with E-state index < -0.39 is 20.5 Å². The smallest absolute Gasteiger partial charge is 0.372 e. The summed E-state index contributed by atoms with van der Waals surface area (Å²) >= 11 is 0. The molecule has 0 fully saturated rings. The summed E-state index contributed by atoms with van der Waals surface area (Å²) in [6, 6.07) is -0.661. The number of hydrogen-bond acceptors (Lipinski definition) is 4. The average Bonchev–Trinajstić information content (AvgIpc) is 2.26. The molecule has 3 N–H and O–H groups in total. The summed E-state index contributed by atoms with van der Waals surface area (Å²) in [6.45, 7) is 10.4. The van der Waals surface area contributed by atoms with Gasteiger partial charge in [0, 0.05) is 19.8 Å². The highest BCUT2D eigenvalue weighted by Crippen LogP contribution is 2.16. The fourth-order valence-corrected chi connectivity index (χ4v) is 4.05. The number of urea groups is 1. The van der Waals surface area contributed by atoms with Crippen molar-refractivity contribution in [3.05, 3.63) is 12.7 Å². The highest BCUT2D eigenvalue weighted by Gasteiger charge is 2.48. The third kappa shape index (κ3) is 4.86. The van der Waals surface area contributed by atoms with Gasteiger partial charge in [-0.3, -0.25) is 0 Å². The first-order valence-corrected chi connectivity index (χ1v) is 7.46. The zero-order chi connectivity index (χ0) is 13.3. The molecule has 0 aliphatic carbocycles. The Morgan fingerprint density at radius 1 is 1.29 bits per heavy atom. The third-order valence-corrected chi connectivity index (χ3v) is 5.17. The molecule has 0 aliphatic heterocycles. The maximum Gasteiger partial charge on any atom is 0.528 e. The van der Waals surface area contributed by atoms with Crippen molar-refractivity contribution in [3.63, 3.8) is 0 Å². The van der Waals surface area contributed by atoms with Gasteiger partial charge in [0.25, 0.3) is 0 Å². The topological polar surface area (TPSA) is 82.8 Å². The maximum atomic E-state index is 10.9. The highest BCUT2D eigenvalue weighted by molar-refractivity contribution is 6.63. The minimum absolute atomic E-state index is 0.428. The molecule has 0 heterocycles. The van der Waals surface area contributed by atoms with E-state index in [1.165, 1.54) is 6.08 Å². The van der Waals surface area contributed by atoms with Gasteiger partial charge in [0.05, 0.1) is 0 Å². The van der Waals surface area contributed by atoms with E-state index >= 15 is 0 Å². The van der Waals surface area contributed by atoms with Crippen molar-refractivity contribution in [2.75, 3.05) is 19.8 Å². The summed E-state index contributed by atoms with van der Waals surface area (Å²) in [6.07, 6.45) is 1.53. The average molecular weight is 262 g/mol. The van der Waals surface area contributed by atoms with Crippen molar-refractivity contribution < 1.29 is 18.1 Å². The van der Waals surface area contributed by atoms with Crippen LogP contribution in [0, 0.1) is 0 Å². The van der Waals surface area contributed by atoms with Crippen LogP contribution in [0.3, 0.4) is 0 Å². The SMILES string of the molecule is C=CC(NC(N)=O)[Si](OCC)(OCC)OCC. The number of carbonyl (C=O) groups is 1. The number of nitrogens with one attached hydrogen (secondary N) is 1. The van der Waals surface area contributed by atoms with E-state index in [1.807, 2.05) is 20.8 Å². The van der Waals surface area contributed by atoms with Gasteiger partial charge in [0.2, 0.25) is 0 Å². The van der Waals surface area contributed by atoms with Gasteiger partial charge in [0.1, 0.15) is 5.67 Å². The molecular formula is C10H22N2O4Si. The number of nitrogens with two attached hydrogens (primary N) is 1. The lowest BCUT2D eigenvalue weighted by Gasteiger charge is -2.33. The Kier molecular flexibility index (Phi) is 7.80. The van der Waals surface area contributed by atoms with E-state index in [4.69, 9.17) is 19.0 Å². The molecule has 1 atom stereocenters. The molecule has 0 aromatic carbocycles. The van der Waals surface area contributed by atoms with Gasteiger partial charge in [-0.25, -0.2) is 4.79 Å². The molecule has 2 amide bonds. The first kappa shape index (κ1) is 16.1. The standard InChI is InChI=1S/C10H22N2O4Si/c1-5-9(12-10(11)13)17(14-6-2,15-7-3)16-8-4/h5,9H,1,6-8H2,2-4H3,(H3,11,12,13). The Morgan fingerprint density at radius 2 is 1.71 bits per heavy atom. The van der Waals surface area contributed by atoms with Crippen LogP contribution in [0.2, 0.25) is 0 Å². The summed E-state index contributed by atoms with van der Waals surface area (Å²) in [7, 11) is -3.02. The molecule has 6 nitrogen and oxygen atoms in total. The van der Waals surface area contributed by atoms with Crippen LogP contribution in [0.25, 0.3) is 0 Å². The number of carbonyl (C=O) groups excluding carboxylic acids is 1. The Balaban J connectivity index is 5.02.